The summed E-state index contributed by atoms with van der Waals surface area (Å²) in [5.41, 5.74) is 4.40. The smallest absolute Gasteiger partial charge is 0.216 e. The van der Waals surface area contributed by atoms with Crippen molar-refractivity contribution < 1.29 is 9.84 Å². The summed E-state index contributed by atoms with van der Waals surface area (Å²) in [6.45, 7) is 4.41. The van der Waals surface area contributed by atoms with Crippen molar-refractivity contribution >= 4 is 16.9 Å². The zero-order valence-corrected chi connectivity index (χ0v) is 17.1. The van der Waals surface area contributed by atoms with Crippen LogP contribution in [0.3, 0.4) is 0 Å². The van der Waals surface area contributed by atoms with Gasteiger partial charge in [0, 0.05) is 5.92 Å². The highest BCUT2D eigenvalue weighted by molar-refractivity contribution is 5.77. The van der Waals surface area contributed by atoms with Crippen molar-refractivity contribution in [1.82, 2.24) is 15.0 Å². The third kappa shape index (κ3) is 3.84. The number of rotatable bonds is 7. The number of benzene rings is 3. The topological polar surface area (TPSA) is 60.2 Å². The van der Waals surface area contributed by atoms with Crippen LogP contribution in [0, 0.1) is 0 Å². The molecule has 0 radical (unpaired) electrons. The number of hydrogen-bond donors (Lipinski definition) is 1. The number of para-hydroxylation sites is 1. The van der Waals surface area contributed by atoms with Crippen molar-refractivity contribution in [3.05, 3.63) is 102 Å². The molecule has 1 heterocycles. The van der Waals surface area contributed by atoms with Gasteiger partial charge in [0.1, 0.15) is 5.52 Å². The van der Waals surface area contributed by atoms with Crippen molar-refractivity contribution in [3.8, 4) is 0 Å². The van der Waals surface area contributed by atoms with E-state index in [1.165, 1.54) is 0 Å². The summed E-state index contributed by atoms with van der Waals surface area (Å²) in [5.74, 6) is 0.285. The molecule has 152 valence electrons. The van der Waals surface area contributed by atoms with Crippen LogP contribution in [0.4, 0.5) is 0 Å². The van der Waals surface area contributed by atoms with Gasteiger partial charge in [0.05, 0.1) is 18.2 Å². The Bertz CT molecular complexity index is 1140. The van der Waals surface area contributed by atoms with Gasteiger partial charge in [-0.3, -0.25) is 0 Å². The standard InChI is InChI=1S/C25H25N3O2/c1-3-30-25(28-22-17-11-10-16-21(22)26-27-28)18(2)23(19-12-6-4-7-13-19)24(29)20-14-8-5-9-15-20/h4-17,23-24,29H,3H2,1-2H3. The van der Waals surface area contributed by atoms with Crippen molar-refractivity contribution in [2.24, 2.45) is 0 Å². The van der Waals surface area contributed by atoms with Gasteiger partial charge in [-0.15, -0.1) is 5.10 Å². The molecule has 2 atom stereocenters. The zero-order valence-electron chi connectivity index (χ0n) is 17.1. The lowest BCUT2D eigenvalue weighted by Crippen LogP contribution is -2.17. The van der Waals surface area contributed by atoms with Crippen LogP contribution < -0.4 is 0 Å². The average molecular weight is 399 g/mol. The molecule has 4 aromatic rings. The summed E-state index contributed by atoms with van der Waals surface area (Å²) >= 11 is 0. The third-order valence-electron chi connectivity index (χ3n) is 5.24. The highest BCUT2D eigenvalue weighted by Gasteiger charge is 2.28. The van der Waals surface area contributed by atoms with Crippen molar-refractivity contribution in [2.75, 3.05) is 6.61 Å². The Labute approximate surface area is 176 Å². The monoisotopic (exact) mass is 399 g/mol. The van der Waals surface area contributed by atoms with Crippen LogP contribution in [0.1, 0.15) is 37.0 Å². The molecule has 1 N–H and O–H groups in total. The van der Waals surface area contributed by atoms with E-state index in [2.05, 4.69) is 10.3 Å². The molecule has 0 spiro atoms. The molecule has 1 aromatic heterocycles. The number of fused-ring (bicyclic) bond motifs is 1. The van der Waals surface area contributed by atoms with Gasteiger partial charge in [-0.1, -0.05) is 78.0 Å². The molecule has 5 heteroatoms. The van der Waals surface area contributed by atoms with Crippen LogP contribution in [0.2, 0.25) is 0 Å². The van der Waals surface area contributed by atoms with Crippen LogP contribution >= 0.6 is 0 Å². The SMILES string of the molecule is CCOC(=C(C)C(c1ccccc1)C(O)c1ccccc1)n1nnc2ccccc21. The molecule has 30 heavy (non-hydrogen) atoms. The quantitative estimate of drug-likeness (QED) is 0.435. The molecular weight excluding hydrogens is 374 g/mol. The van der Waals surface area contributed by atoms with Gasteiger partial charge in [-0.2, -0.15) is 4.68 Å². The van der Waals surface area contributed by atoms with E-state index in [4.69, 9.17) is 4.74 Å². The first kappa shape index (κ1) is 19.9. The largest absolute Gasteiger partial charge is 0.478 e. The molecule has 0 saturated carbocycles. The van der Waals surface area contributed by atoms with Gasteiger partial charge in [-0.05, 0) is 42.7 Å². The number of aromatic nitrogens is 3. The second-order valence-corrected chi connectivity index (χ2v) is 7.16. The minimum atomic E-state index is -0.737. The molecule has 3 aromatic carbocycles. The molecule has 0 aliphatic carbocycles. The second kappa shape index (κ2) is 8.93. The summed E-state index contributed by atoms with van der Waals surface area (Å²) in [7, 11) is 0. The number of hydrogen-bond acceptors (Lipinski definition) is 4. The van der Waals surface area contributed by atoms with Gasteiger partial charge in [0.25, 0.3) is 0 Å². The Kier molecular flexibility index (Phi) is 5.91. The minimum absolute atomic E-state index is 0.307. The lowest BCUT2D eigenvalue weighted by molar-refractivity contribution is 0.155. The van der Waals surface area contributed by atoms with Crippen molar-refractivity contribution in [3.63, 3.8) is 0 Å². The Morgan fingerprint density at radius 1 is 0.900 bits per heavy atom. The fourth-order valence-corrected chi connectivity index (χ4v) is 3.80. The van der Waals surface area contributed by atoms with E-state index in [-0.39, 0.29) is 5.92 Å². The third-order valence-corrected chi connectivity index (χ3v) is 5.24. The average Bonchev–Trinajstić information content (AvgIpc) is 3.22. The zero-order chi connectivity index (χ0) is 20.9. The Hall–Kier alpha value is -3.44. The van der Waals surface area contributed by atoms with E-state index in [1.54, 1.807) is 4.68 Å². The lowest BCUT2D eigenvalue weighted by atomic mass is 9.84. The first-order chi connectivity index (χ1) is 14.7. The van der Waals surface area contributed by atoms with E-state index in [1.807, 2.05) is 98.8 Å². The van der Waals surface area contributed by atoms with Crippen molar-refractivity contribution in [2.45, 2.75) is 25.9 Å². The maximum atomic E-state index is 11.4. The molecule has 5 nitrogen and oxygen atoms in total. The second-order valence-electron chi connectivity index (χ2n) is 7.16. The lowest BCUT2D eigenvalue weighted by Gasteiger charge is -2.27. The summed E-state index contributed by atoms with van der Waals surface area (Å²) in [6, 6.07) is 27.5. The summed E-state index contributed by atoms with van der Waals surface area (Å²) < 4.78 is 7.80. The number of aliphatic hydroxyl groups excluding tert-OH is 1. The minimum Gasteiger partial charge on any atom is -0.478 e. The molecule has 0 fully saturated rings. The van der Waals surface area contributed by atoms with Crippen LogP contribution in [-0.2, 0) is 4.74 Å². The summed E-state index contributed by atoms with van der Waals surface area (Å²) in [6.07, 6.45) is -0.737. The van der Waals surface area contributed by atoms with E-state index >= 15 is 0 Å². The number of nitrogens with zero attached hydrogens (tertiary/aromatic N) is 3. The van der Waals surface area contributed by atoms with Gasteiger partial charge in [0.2, 0.25) is 5.88 Å². The molecule has 0 bridgehead atoms. The maximum Gasteiger partial charge on any atom is 0.216 e. The van der Waals surface area contributed by atoms with Crippen LogP contribution in [0.15, 0.2) is 90.5 Å². The molecule has 0 amide bonds. The molecule has 2 unspecified atom stereocenters. The maximum absolute atomic E-state index is 11.4. The van der Waals surface area contributed by atoms with Gasteiger partial charge in [0.15, 0.2) is 0 Å². The fourth-order valence-electron chi connectivity index (χ4n) is 3.80. The van der Waals surface area contributed by atoms with E-state index in [0.717, 1.165) is 27.7 Å². The first-order valence-electron chi connectivity index (χ1n) is 10.1. The Balaban J connectivity index is 1.89. The van der Waals surface area contributed by atoms with Crippen LogP contribution in [-0.4, -0.2) is 26.7 Å². The molecule has 4 rings (SSSR count). The van der Waals surface area contributed by atoms with E-state index < -0.39 is 6.10 Å². The van der Waals surface area contributed by atoms with E-state index in [0.29, 0.717) is 12.5 Å². The fraction of sp³-hybridized carbons (Fsp3) is 0.200. The van der Waals surface area contributed by atoms with Crippen LogP contribution in [0.25, 0.3) is 16.9 Å². The molecule has 0 aliphatic heterocycles. The molecule has 0 aliphatic rings. The first-order valence-corrected chi connectivity index (χ1v) is 10.1. The Morgan fingerprint density at radius 2 is 1.50 bits per heavy atom. The van der Waals surface area contributed by atoms with Gasteiger partial charge >= 0.3 is 0 Å². The van der Waals surface area contributed by atoms with Crippen LogP contribution in [0.5, 0.6) is 0 Å². The van der Waals surface area contributed by atoms with Gasteiger partial charge in [-0.25, -0.2) is 0 Å². The summed E-state index contributed by atoms with van der Waals surface area (Å²) in [5, 5.41) is 20.0. The Morgan fingerprint density at radius 3 is 2.17 bits per heavy atom. The molecular formula is C25H25N3O2. The number of aliphatic hydroxyl groups is 1. The number of ether oxygens (including phenoxy) is 1. The predicted molar refractivity (Wildman–Crippen MR) is 119 cm³/mol. The van der Waals surface area contributed by atoms with Gasteiger partial charge < -0.3 is 9.84 Å². The molecule has 0 saturated heterocycles. The highest BCUT2D eigenvalue weighted by Crippen LogP contribution is 2.39. The van der Waals surface area contributed by atoms with Crippen molar-refractivity contribution in [1.29, 1.82) is 0 Å². The highest BCUT2D eigenvalue weighted by atomic mass is 16.5. The summed E-state index contributed by atoms with van der Waals surface area (Å²) in [4.78, 5) is 0. The van der Waals surface area contributed by atoms with E-state index in [9.17, 15) is 5.11 Å². The predicted octanol–water partition coefficient (Wildman–Crippen LogP) is 5.17. The normalized spacial score (nSPS) is 14.2.